The van der Waals surface area contributed by atoms with Gasteiger partial charge in [0.15, 0.2) is 5.43 Å². The fraction of sp³-hybridized carbons (Fsp3) is 0.500. The number of ether oxygens (including phenoxy) is 2. The number of carbonyl (C=O) groups is 1. The van der Waals surface area contributed by atoms with E-state index in [1.807, 2.05) is 56.5 Å². The molecule has 1 aliphatic heterocycles. The molecule has 0 radical (unpaired) electrons. The van der Waals surface area contributed by atoms with Crippen LogP contribution in [0.25, 0.3) is 0 Å². The topological polar surface area (TPSA) is 72.8 Å². The molecule has 31 heavy (non-hydrogen) atoms. The molecular weight excluding hydrogens is 394 g/mol. The fourth-order valence-corrected chi connectivity index (χ4v) is 3.72. The number of hydrogen-bond donors (Lipinski definition) is 1. The number of hydrogen-bond acceptors (Lipinski definition) is 5. The lowest BCUT2D eigenvalue weighted by Gasteiger charge is -2.28. The van der Waals surface area contributed by atoms with Crippen molar-refractivity contribution in [1.82, 2.24) is 14.8 Å². The molecule has 0 spiro atoms. The molecule has 2 heterocycles. The molecule has 1 saturated heterocycles. The van der Waals surface area contributed by atoms with Gasteiger partial charge in [0, 0.05) is 44.0 Å². The summed E-state index contributed by atoms with van der Waals surface area (Å²) in [5.41, 5.74) is 2.45. The fourth-order valence-electron chi connectivity index (χ4n) is 3.72. The van der Waals surface area contributed by atoms with Crippen LogP contribution in [0.2, 0.25) is 0 Å². The number of amides is 1. The summed E-state index contributed by atoms with van der Waals surface area (Å²) >= 11 is 0. The van der Waals surface area contributed by atoms with Crippen molar-refractivity contribution in [3.05, 3.63) is 63.1 Å². The van der Waals surface area contributed by atoms with Crippen LogP contribution in [0.5, 0.6) is 5.75 Å². The summed E-state index contributed by atoms with van der Waals surface area (Å²) in [7, 11) is 0. The molecule has 1 N–H and O–H groups in total. The lowest BCUT2D eigenvalue weighted by molar-refractivity contribution is 0.0361. The monoisotopic (exact) mass is 427 g/mol. The van der Waals surface area contributed by atoms with Gasteiger partial charge in [-0.3, -0.25) is 14.5 Å². The number of nitrogens with one attached hydrogen (secondary N) is 1. The summed E-state index contributed by atoms with van der Waals surface area (Å²) in [5.74, 6) is 0.345. The average Bonchev–Trinajstić information content (AvgIpc) is 2.72. The largest absolute Gasteiger partial charge is 0.487 e. The third-order valence-electron chi connectivity index (χ3n) is 5.41. The van der Waals surface area contributed by atoms with E-state index in [1.54, 1.807) is 6.07 Å². The van der Waals surface area contributed by atoms with E-state index in [4.69, 9.17) is 9.47 Å². The molecule has 7 nitrogen and oxygen atoms in total. The third-order valence-corrected chi connectivity index (χ3v) is 5.41. The van der Waals surface area contributed by atoms with Crippen molar-refractivity contribution in [1.29, 1.82) is 0 Å². The average molecular weight is 428 g/mol. The Balaban J connectivity index is 1.93. The number of aromatic nitrogens is 1. The minimum atomic E-state index is -0.359. The Hall–Kier alpha value is -2.64. The van der Waals surface area contributed by atoms with Crippen molar-refractivity contribution >= 4 is 5.91 Å². The van der Waals surface area contributed by atoms with Gasteiger partial charge in [0.05, 0.1) is 18.9 Å². The highest BCUT2D eigenvalue weighted by Crippen LogP contribution is 2.17. The van der Waals surface area contributed by atoms with E-state index in [0.29, 0.717) is 18.0 Å². The maximum Gasteiger partial charge on any atom is 0.257 e. The van der Waals surface area contributed by atoms with E-state index >= 15 is 0 Å². The first kappa shape index (κ1) is 23.0. The Morgan fingerprint density at radius 2 is 1.81 bits per heavy atom. The third kappa shape index (κ3) is 6.18. The molecule has 0 atom stereocenters. The van der Waals surface area contributed by atoms with Gasteiger partial charge in [-0.1, -0.05) is 17.7 Å². The summed E-state index contributed by atoms with van der Waals surface area (Å²) in [5, 5.41) is 2.86. The van der Waals surface area contributed by atoms with E-state index in [-0.39, 0.29) is 29.5 Å². The van der Waals surface area contributed by atoms with Crippen molar-refractivity contribution in [3.63, 3.8) is 0 Å². The highest BCUT2D eigenvalue weighted by atomic mass is 16.5. The van der Waals surface area contributed by atoms with Gasteiger partial charge in [-0.15, -0.1) is 0 Å². The Morgan fingerprint density at radius 3 is 2.45 bits per heavy atom. The molecule has 1 aromatic carbocycles. The smallest absolute Gasteiger partial charge is 0.257 e. The van der Waals surface area contributed by atoms with Gasteiger partial charge >= 0.3 is 0 Å². The molecule has 0 aliphatic carbocycles. The summed E-state index contributed by atoms with van der Waals surface area (Å²) in [6.07, 6.45) is 0. The van der Waals surface area contributed by atoms with Crippen LogP contribution in [0.1, 0.15) is 41.2 Å². The second-order valence-electron chi connectivity index (χ2n) is 8.31. The van der Waals surface area contributed by atoms with E-state index in [1.165, 1.54) is 0 Å². The first-order valence-corrected chi connectivity index (χ1v) is 10.9. The predicted octanol–water partition coefficient (Wildman–Crippen LogP) is 2.51. The van der Waals surface area contributed by atoms with Gasteiger partial charge in [-0.2, -0.15) is 0 Å². The summed E-state index contributed by atoms with van der Waals surface area (Å²) in [4.78, 5) is 28.1. The van der Waals surface area contributed by atoms with Crippen LogP contribution in [0.3, 0.4) is 0 Å². The van der Waals surface area contributed by atoms with E-state index < -0.39 is 0 Å². The number of rotatable bonds is 8. The van der Waals surface area contributed by atoms with Gasteiger partial charge in [-0.05, 0) is 39.8 Å². The van der Waals surface area contributed by atoms with Crippen LogP contribution < -0.4 is 15.5 Å². The molecule has 7 heteroatoms. The first-order valence-electron chi connectivity index (χ1n) is 10.9. The van der Waals surface area contributed by atoms with Gasteiger partial charge < -0.3 is 19.4 Å². The van der Waals surface area contributed by atoms with Crippen molar-refractivity contribution in [2.24, 2.45) is 0 Å². The van der Waals surface area contributed by atoms with Crippen LogP contribution in [0, 0.1) is 13.8 Å². The molecular formula is C24H33N3O4. The van der Waals surface area contributed by atoms with E-state index in [0.717, 1.165) is 44.1 Å². The molecule has 0 saturated carbocycles. The number of pyridine rings is 1. The minimum absolute atomic E-state index is 0.0686. The molecule has 1 fully saturated rings. The van der Waals surface area contributed by atoms with E-state index in [9.17, 15) is 9.59 Å². The van der Waals surface area contributed by atoms with E-state index in [2.05, 4.69) is 10.2 Å². The lowest BCUT2D eigenvalue weighted by atomic mass is 10.1. The van der Waals surface area contributed by atoms with Gasteiger partial charge in [-0.25, -0.2) is 0 Å². The zero-order valence-electron chi connectivity index (χ0n) is 18.9. The Morgan fingerprint density at radius 1 is 1.13 bits per heavy atom. The molecule has 0 unspecified atom stereocenters. The van der Waals surface area contributed by atoms with Crippen molar-refractivity contribution in [3.8, 4) is 5.75 Å². The normalized spacial score (nSPS) is 14.6. The summed E-state index contributed by atoms with van der Waals surface area (Å²) < 4.78 is 13.5. The number of nitrogens with zero attached hydrogens (tertiary/aromatic N) is 2. The Labute approximate surface area is 184 Å². The summed E-state index contributed by atoms with van der Waals surface area (Å²) in [6.45, 7) is 12.5. The van der Waals surface area contributed by atoms with Gasteiger partial charge in [0.25, 0.3) is 5.91 Å². The highest BCUT2D eigenvalue weighted by Gasteiger charge is 2.22. The minimum Gasteiger partial charge on any atom is -0.487 e. The number of carbonyl (C=O) groups excluding carboxylic acids is 1. The maximum atomic E-state index is 12.9. The Kier molecular flexibility index (Phi) is 7.87. The SMILES string of the molecule is Cc1ccc(OCc2c(C(=O)NC(C)C)c(=O)cc(C)n2CCN2CCOCC2)cc1. The second-order valence-corrected chi connectivity index (χ2v) is 8.31. The highest BCUT2D eigenvalue weighted by molar-refractivity contribution is 5.95. The number of aryl methyl sites for hydroxylation is 2. The van der Waals surface area contributed by atoms with Crippen LogP contribution in [0.15, 0.2) is 35.1 Å². The van der Waals surface area contributed by atoms with Crippen LogP contribution in [0.4, 0.5) is 0 Å². The number of morpholine rings is 1. The molecule has 2 aromatic rings. The molecule has 1 amide bonds. The second kappa shape index (κ2) is 10.6. The van der Waals surface area contributed by atoms with Gasteiger partial charge in [0.1, 0.15) is 17.9 Å². The predicted molar refractivity (Wildman–Crippen MR) is 121 cm³/mol. The molecule has 1 aliphatic rings. The number of benzene rings is 1. The van der Waals surface area contributed by atoms with Crippen molar-refractivity contribution < 1.29 is 14.3 Å². The van der Waals surface area contributed by atoms with Crippen LogP contribution >= 0.6 is 0 Å². The summed E-state index contributed by atoms with van der Waals surface area (Å²) in [6, 6.07) is 9.22. The maximum absolute atomic E-state index is 12.9. The van der Waals surface area contributed by atoms with Gasteiger partial charge in [0.2, 0.25) is 0 Å². The lowest BCUT2D eigenvalue weighted by Crippen LogP contribution is -2.40. The first-order chi connectivity index (χ1) is 14.8. The Bertz CT molecular complexity index is 945. The molecule has 3 rings (SSSR count). The van der Waals surface area contributed by atoms with Crippen LogP contribution in [-0.2, 0) is 17.9 Å². The molecule has 1 aromatic heterocycles. The van der Waals surface area contributed by atoms with Crippen molar-refractivity contribution in [2.45, 2.75) is 46.9 Å². The molecule has 0 bridgehead atoms. The van der Waals surface area contributed by atoms with Crippen LogP contribution in [-0.4, -0.2) is 54.3 Å². The standard InChI is InChI=1S/C24H33N3O4/c1-17(2)25-24(29)23-21(16-31-20-7-5-18(3)6-8-20)27(19(4)15-22(23)28)10-9-26-11-13-30-14-12-26/h5-8,15,17H,9-14,16H2,1-4H3,(H,25,29). The zero-order chi connectivity index (χ0) is 22.4. The van der Waals surface area contributed by atoms with Crippen molar-refractivity contribution in [2.75, 3.05) is 32.8 Å². The quantitative estimate of drug-likeness (QED) is 0.701. The zero-order valence-corrected chi connectivity index (χ0v) is 18.9. The molecule has 168 valence electrons.